The van der Waals surface area contributed by atoms with E-state index in [1.807, 2.05) is 43.3 Å². The van der Waals surface area contributed by atoms with E-state index in [2.05, 4.69) is 4.98 Å². The minimum Gasteiger partial charge on any atom is -0.489 e. The number of carbonyl (C=O) groups is 2. The summed E-state index contributed by atoms with van der Waals surface area (Å²) in [5.41, 5.74) is 3.22. The van der Waals surface area contributed by atoms with E-state index < -0.39 is 11.9 Å². The average molecular weight is 389 g/mol. The Balaban J connectivity index is 1.81. The first-order chi connectivity index (χ1) is 14.0. The molecule has 5 nitrogen and oxygen atoms in total. The number of pyridine rings is 1. The molecule has 2 aromatic carbocycles. The second kappa shape index (κ2) is 9.64. The molecule has 0 saturated carbocycles. The summed E-state index contributed by atoms with van der Waals surface area (Å²) in [6.45, 7) is 2.28. The number of carboxylic acid groups (broad SMARTS) is 1. The molecule has 3 rings (SSSR count). The van der Waals surface area contributed by atoms with Crippen molar-refractivity contribution >= 4 is 11.8 Å². The quantitative estimate of drug-likeness (QED) is 0.532. The number of nitrogens with zero attached hydrogens (tertiary/aromatic N) is 1. The third-order valence-electron chi connectivity index (χ3n) is 4.77. The van der Waals surface area contributed by atoms with Crippen LogP contribution in [-0.2, 0) is 11.4 Å². The second-order valence-corrected chi connectivity index (χ2v) is 6.88. The second-order valence-electron chi connectivity index (χ2n) is 6.88. The maximum Gasteiger partial charge on any atom is 0.303 e. The molecular formula is C24H23NO4. The van der Waals surface area contributed by atoms with Crippen molar-refractivity contribution in [1.29, 1.82) is 0 Å². The molecule has 1 aromatic heterocycles. The monoisotopic (exact) mass is 389 g/mol. The van der Waals surface area contributed by atoms with Crippen molar-refractivity contribution in [3.63, 3.8) is 0 Å². The van der Waals surface area contributed by atoms with Gasteiger partial charge in [0.2, 0.25) is 0 Å². The van der Waals surface area contributed by atoms with Gasteiger partial charge in [0.15, 0.2) is 5.78 Å². The number of carboxylic acids is 1. The van der Waals surface area contributed by atoms with Crippen LogP contribution in [0.15, 0.2) is 73.1 Å². The van der Waals surface area contributed by atoms with Crippen molar-refractivity contribution < 1.29 is 19.4 Å². The van der Waals surface area contributed by atoms with Crippen LogP contribution in [0.4, 0.5) is 0 Å². The van der Waals surface area contributed by atoms with Crippen LogP contribution in [0, 0.1) is 6.92 Å². The molecule has 0 unspecified atom stereocenters. The number of carbonyl (C=O) groups excluding carboxylic acids is 1. The number of Topliss-reactive ketones (excluding diaryl/α,β-unsaturated/α-hetero) is 1. The lowest BCUT2D eigenvalue weighted by Crippen LogP contribution is -2.16. The van der Waals surface area contributed by atoms with Crippen LogP contribution >= 0.6 is 0 Å². The Bertz CT molecular complexity index is 985. The zero-order chi connectivity index (χ0) is 20.6. The normalized spacial score (nSPS) is 11.6. The molecule has 148 valence electrons. The first-order valence-electron chi connectivity index (χ1n) is 9.48. The molecule has 0 spiro atoms. The number of benzene rings is 2. The fourth-order valence-electron chi connectivity index (χ4n) is 3.25. The summed E-state index contributed by atoms with van der Waals surface area (Å²) in [7, 11) is 0. The minimum absolute atomic E-state index is 0.0810. The van der Waals surface area contributed by atoms with Gasteiger partial charge >= 0.3 is 5.97 Å². The Morgan fingerprint density at radius 1 is 1.07 bits per heavy atom. The lowest BCUT2D eigenvalue weighted by Gasteiger charge is -2.18. The van der Waals surface area contributed by atoms with E-state index in [4.69, 9.17) is 9.84 Å². The molecule has 0 aliphatic rings. The van der Waals surface area contributed by atoms with Crippen LogP contribution in [0.3, 0.4) is 0 Å². The van der Waals surface area contributed by atoms with Crippen LogP contribution < -0.4 is 4.74 Å². The lowest BCUT2D eigenvalue weighted by atomic mass is 9.85. The fraction of sp³-hybridized carbons (Fsp3) is 0.208. The first-order valence-corrected chi connectivity index (χ1v) is 9.48. The number of hydrogen-bond donors (Lipinski definition) is 1. The van der Waals surface area contributed by atoms with Gasteiger partial charge in [-0.3, -0.25) is 14.6 Å². The van der Waals surface area contributed by atoms with Gasteiger partial charge in [-0.2, -0.15) is 0 Å². The van der Waals surface area contributed by atoms with Gasteiger partial charge in [0.1, 0.15) is 12.4 Å². The molecule has 0 aliphatic carbocycles. The van der Waals surface area contributed by atoms with Crippen LogP contribution in [0.25, 0.3) is 0 Å². The topological polar surface area (TPSA) is 76.5 Å². The molecule has 1 N–H and O–H groups in total. The molecule has 3 aromatic rings. The molecule has 0 bridgehead atoms. The number of aryl methyl sites for hydroxylation is 1. The molecule has 0 saturated heterocycles. The summed E-state index contributed by atoms with van der Waals surface area (Å²) < 4.78 is 5.83. The number of rotatable bonds is 9. The van der Waals surface area contributed by atoms with Crippen molar-refractivity contribution in [1.82, 2.24) is 4.98 Å². The molecule has 29 heavy (non-hydrogen) atoms. The molecule has 1 heterocycles. The standard InChI is InChI=1S/C24H23NO4/c1-17-15-25-13-12-21(17)22(10-11-23(26)27)24(28)19-8-5-9-20(14-19)29-16-18-6-3-2-4-7-18/h2-9,12-15,22H,10-11,16H2,1H3,(H,26,27)/t22-/m0/s1. The van der Waals surface area contributed by atoms with E-state index in [-0.39, 0.29) is 18.6 Å². The Morgan fingerprint density at radius 2 is 1.86 bits per heavy atom. The van der Waals surface area contributed by atoms with Crippen LogP contribution in [0.1, 0.15) is 45.8 Å². The van der Waals surface area contributed by atoms with Gasteiger partial charge < -0.3 is 9.84 Å². The Morgan fingerprint density at radius 3 is 2.59 bits per heavy atom. The fourth-order valence-corrected chi connectivity index (χ4v) is 3.25. The van der Waals surface area contributed by atoms with E-state index in [0.29, 0.717) is 17.9 Å². The summed E-state index contributed by atoms with van der Waals surface area (Å²) in [5, 5.41) is 9.11. The van der Waals surface area contributed by atoms with Gasteiger partial charge in [0.05, 0.1) is 0 Å². The van der Waals surface area contributed by atoms with E-state index in [1.165, 1.54) is 0 Å². The van der Waals surface area contributed by atoms with Crippen molar-refractivity contribution in [2.24, 2.45) is 0 Å². The largest absolute Gasteiger partial charge is 0.489 e. The number of ketones is 1. The highest BCUT2D eigenvalue weighted by Crippen LogP contribution is 2.29. The molecule has 0 fully saturated rings. The Labute approximate surface area is 170 Å². The molecule has 0 aliphatic heterocycles. The van der Waals surface area contributed by atoms with Crippen molar-refractivity contribution in [2.45, 2.75) is 32.3 Å². The third kappa shape index (κ3) is 5.51. The van der Waals surface area contributed by atoms with Crippen LogP contribution in [0.5, 0.6) is 5.75 Å². The van der Waals surface area contributed by atoms with Crippen molar-refractivity contribution in [3.8, 4) is 5.75 Å². The number of hydrogen-bond acceptors (Lipinski definition) is 4. The number of aliphatic carboxylic acids is 1. The van der Waals surface area contributed by atoms with E-state index in [1.54, 1.807) is 36.7 Å². The van der Waals surface area contributed by atoms with Crippen molar-refractivity contribution in [2.75, 3.05) is 0 Å². The van der Waals surface area contributed by atoms with Gasteiger partial charge in [-0.1, -0.05) is 42.5 Å². The summed E-state index contributed by atoms with van der Waals surface area (Å²) in [5.74, 6) is -0.984. The van der Waals surface area contributed by atoms with Crippen LogP contribution in [0.2, 0.25) is 0 Å². The van der Waals surface area contributed by atoms with Gasteiger partial charge in [-0.05, 0) is 48.2 Å². The lowest BCUT2D eigenvalue weighted by molar-refractivity contribution is -0.137. The number of aromatic nitrogens is 1. The van der Waals surface area contributed by atoms with E-state index in [0.717, 1.165) is 16.7 Å². The SMILES string of the molecule is Cc1cnccc1[C@H](CCC(=O)O)C(=O)c1cccc(OCc2ccccc2)c1. The summed E-state index contributed by atoms with van der Waals surface area (Å²) in [6.07, 6.45) is 3.47. The highest BCUT2D eigenvalue weighted by molar-refractivity contribution is 6.01. The van der Waals surface area contributed by atoms with Crippen LogP contribution in [-0.4, -0.2) is 21.8 Å². The zero-order valence-corrected chi connectivity index (χ0v) is 16.2. The smallest absolute Gasteiger partial charge is 0.303 e. The Kier molecular flexibility index (Phi) is 6.74. The van der Waals surface area contributed by atoms with Gasteiger partial charge in [-0.25, -0.2) is 0 Å². The Hall–Kier alpha value is -3.47. The highest BCUT2D eigenvalue weighted by Gasteiger charge is 2.24. The third-order valence-corrected chi connectivity index (χ3v) is 4.77. The molecule has 1 atom stereocenters. The maximum atomic E-state index is 13.3. The molecule has 5 heteroatoms. The molecule has 0 radical (unpaired) electrons. The predicted octanol–water partition coefficient (Wildman–Crippen LogP) is 4.80. The van der Waals surface area contributed by atoms with Crippen molar-refractivity contribution in [3.05, 3.63) is 95.3 Å². The molecule has 0 amide bonds. The van der Waals surface area contributed by atoms with E-state index >= 15 is 0 Å². The summed E-state index contributed by atoms with van der Waals surface area (Å²) in [4.78, 5) is 28.5. The summed E-state index contributed by atoms with van der Waals surface area (Å²) in [6, 6.07) is 18.6. The molecular weight excluding hydrogens is 366 g/mol. The number of ether oxygens (including phenoxy) is 1. The van der Waals surface area contributed by atoms with E-state index in [9.17, 15) is 9.59 Å². The predicted molar refractivity (Wildman–Crippen MR) is 110 cm³/mol. The minimum atomic E-state index is -0.922. The van der Waals surface area contributed by atoms with Gasteiger partial charge in [-0.15, -0.1) is 0 Å². The highest BCUT2D eigenvalue weighted by atomic mass is 16.5. The summed E-state index contributed by atoms with van der Waals surface area (Å²) >= 11 is 0. The maximum absolute atomic E-state index is 13.3. The first kappa shape index (κ1) is 20.3. The zero-order valence-electron chi connectivity index (χ0n) is 16.2. The van der Waals surface area contributed by atoms with Gasteiger partial charge in [0, 0.05) is 30.3 Å². The average Bonchev–Trinajstić information content (AvgIpc) is 2.74. The van der Waals surface area contributed by atoms with Gasteiger partial charge in [0.25, 0.3) is 0 Å².